The maximum absolute atomic E-state index is 12.0. The maximum Gasteiger partial charge on any atom is 0.243 e. The Hall–Kier alpha value is -2.98. The summed E-state index contributed by atoms with van der Waals surface area (Å²) in [4.78, 5) is 12.0. The minimum Gasteiger partial charge on any atom is -0.489 e. The highest BCUT2D eigenvalue weighted by Crippen LogP contribution is 2.19. The van der Waals surface area contributed by atoms with E-state index in [0.29, 0.717) is 17.3 Å². The lowest BCUT2D eigenvalue weighted by Crippen LogP contribution is -2.21. The smallest absolute Gasteiger partial charge is 0.243 e. The van der Waals surface area contributed by atoms with Crippen LogP contribution in [0.3, 0.4) is 0 Å². The van der Waals surface area contributed by atoms with Crippen LogP contribution in [0.1, 0.15) is 5.56 Å². The molecule has 0 aromatic heterocycles. The van der Waals surface area contributed by atoms with Gasteiger partial charge in [-0.1, -0.05) is 48.0 Å². The van der Waals surface area contributed by atoms with Crippen molar-refractivity contribution in [3.05, 3.63) is 89.4 Å². The first-order valence-corrected chi connectivity index (χ1v) is 8.63. The summed E-state index contributed by atoms with van der Waals surface area (Å²) in [6.07, 6.45) is 0. The number of halogens is 1. The van der Waals surface area contributed by atoms with Crippen LogP contribution in [-0.4, -0.2) is 12.5 Å². The lowest BCUT2D eigenvalue weighted by atomic mass is 10.2. The molecule has 5 heteroatoms. The van der Waals surface area contributed by atoms with Gasteiger partial charge in [-0.2, -0.15) is 0 Å². The molecule has 132 valence electrons. The topological polar surface area (TPSA) is 50.4 Å². The second-order valence-corrected chi connectivity index (χ2v) is 6.15. The Labute approximate surface area is 157 Å². The minimum atomic E-state index is -0.136. The molecule has 0 heterocycles. The van der Waals surface area contributed by atoms with Crippen LogP contribution in [0.4, 0.5) is 11.4 Å². The molecule has 0 radical (unpaired) electrons. The van der Waals surface area contributed by atoms with E-state index in [0.717, 1.165) is 17.0 Å². The summed E-state index contributed by atoms with van der Waals surface area (Å²) in [6, 6.07) is 24.5. The van der Waals surface area contributed by atoms with Crippen molar-refractivity contribution in [2.24, 2.45) is 0 Å². The zero-order valence-corrected chi connectivity index (χ0v) is 14.9. The van der Waals surface area contributed by atoms with Crippen LogP contribution in [0.2, 0.25) is 5.02 Å². The Morgan fingerprint density at radius 2 is 1.65 bits per heavy atom. The van der Waals surface area contributed by atoms with Gasteiger partial charge in [0.15, 0.2) is 0 Å². The van der Waals surface area contributed by atoms with E-state index in [1.807, 2.05) is 54.6 Å². The van der Waals surface area contributed by atoms with E-state index in [4.69, 9.17) is 16.3 Å². The standard InChI is InChI=1S/C21H19ClN2O2/c22-17-9-11-18(12-10-17)24-21(25)14-23-19-7-4-8-20(13-19)26-15-16-5-2-1-3-6-16/h1-13,23H,14-15H2,(H,24,25). The molecular formula is C21H19ClN2O2. The van der Waals surface area contributed by atoms with Crippen molar-refractivity contribution in [2.45, 2.75) is 6.61 Å². The number of nitrogens with one attached hydrogen (secondary N) is 2. The summed E-state index contributed by atoms with van der Waals surface area (Å²) in [7, 11) is 0. The average molecular weight is 367 g/mol. The fraction of sp³-hybridized carbons (Fsp3) is 0.0952. The Morgan fingerprint density at radius 1 is 0.885 bits per heavy atom. The molecule has 0 aliphatic rings. The maximum atomic E-state index is 12.0. The largest absolute Gasteiger partial charge is 0.489 e. The Balaban J connectivity index is 1.50. The zero-order valence-electron chi connectivity index (χ0n) is 14.1. The molecule has 3 aromatic rings. The lowest BCUT2D eigenvalue weighted by molar-refractivity contribution is -0.114. The van der Waals surface area contributed by atoms with Gasteiger partial charge in [0.05, 0.1) is 6.54 Å². The molecule has 0 saturated heterocycles. The molecule has 2 N–H and O–H groups in total. The van der Waals surface area contributed by atoms with Gasteiger partial charge in [0.25, 0.3) is 0 Å². The number of anilines is 2. The zero-order chi connectivity index (χ0) is 18.2. The molecule has 3 aromatic carbocycles. The molecule has 0 aliphatic carbocycles. The molecule has 0 unspecified atom stereocenters. The van der Waals surface area contributed by atoms with E-state index in [1.165, 1.54) is 0 Å². The summed E-state index contributed by atoms with van der Waals surface area (Å²) in [5.41, 5.74) is 2.64. The number of amides is 1. The number of rotatable bonds is 7. The van der Waals surface area contributed by atoms with Gasteiger partial charge in [0.1, 0.15) is 12.4 Å². The van der Waals surface area contributed by atoms with Gasteiger partial charge in [-0.15, -0.1) is 0 Å². The third-order valence-corrected chi connectivity index (χ3v) is 3.92. The van der Waals surface area contributed by atoms with Crippen molar-refractivity contribution in [1.29, 1.82) is 0 Å². The van der Waals surface area contributed by atoms with Gasteiger partial charge in [-0.05, 0) is 42.0 Å². The molecule has 0 aliphatic heterocycles. The second kappa shape index (κ2) is 8.92. The summed E-state index contributed by atoms with van der Waals surface area (Å²) >= 11 is 5.83. The van der Waals surface area contributed by atoms with Crippen LogP contribution in [0, 0.1) is 0 Å². The van der Waals surface area contributed by atoms with Crippen LogP contribution in [0.25, 0.3) is 0 Å². The highest BCUT2D eigenvalue weighted by atomic mass is 35.5. The van der Waals surface area contributed by atoms with Gasteiger partial charge >= 0.3 is 0 Å². The van der Waals surface area contributed by atoms with Crippen molar-refractivity contribution in [1.82, 2.24) is 0 Å². The molecule has 0 saturated carbocycles. The summed E-state index contributed by atoms with van der Waals surface area (Å²) in [5, 5.41) is 6.54. The number of hydrogen-bond donors (Lipinski definition) is 2. The fourth-order valence-electron chi connectivity index (χ4n) is 2.36. The van der Waals surface area contributed by atoms with Crippen LogP contribution in [-0.2, 0) is 11.4 Å². The van der Waals surface area contributed by atoms with Crippen molar-refractivity contribution in [2.75, 3.05) is 17.2 Å². The second-order valence-electron chi connectivity index (χ2n) is 5.71. The van der Waals surface area contributed by atoms with Gasteiger partial charge in [-0.3, -0.25) is 4.79 Å². The van der Waals surface area contributed by atoms with E-state index in [2.05, 4.69) is 10.6 Å². The minimum absolute atomic E-state index is 0.136. The number of hydrogen-bond acceptors (Lipinski definition) is 3. The predicted molar refractivity (Wildman–Crippen MR) is 106 cm³/mol. The molecule has 0 fully saturated rings. The average Bonchev–Trinajstić information content (AvgIpc) is 2.68. The molecule has 1 amide bonds. The van der Waals surface area contributed by atoms with Gasteiger partial charge < -0.3 is 15.4 Å². The van der Waals surface area contributed by atoms with E-state index in [1.54, 1.807) is 24.3 Å². The third-order valence-electron chi connectivity index (χ3n) is 3.66. The molecule has 4 nitrogen and oxygen atoms in total. The quantitative estimate of drug-likeness (QED) is 0.620. The molecule has 26 heavy (non-hydrogen) atoms. The lowest BCUT2D eigenvalue weighted by Gasteiger charge is -2.10. The Kier molecular flexibility index (Phi) is 6.12. The Bertz CT molecular complexity index is 851. The first-order valence-electron chi connectivity index (χ1n) is 8.25. The van der Waals surface area contributed by atoms with Gasteiger partial charge in [0.2, 0.25) is 5.91 Å². The summed E-state index contributed by atoms with van der Waals surface area (Å²) in [5.74, 6) is 0.611. The normalized spacial score (nSPS) is 10.2. The van der Waals surface area contributed by atoms with Crippen molar-refractivity contribution < 1.29 is 9.53 Å². The third kappa shape index (κ3) is 5.53. The monoisotopic (exact) mass is 366 g/mol. The van der Waals surface area contributed by atoms with E-state index in [-0.39, 0.29) is 12.5 Å². The van der Waals surface area contributed by atoms with Crippen LogP contribution in [0.15, 0.2) is 78.9 Å². The van der Waals surface area contributed by atoms with Crippen LogP contribution >= 0.6 is 11.6 Å². The van der Waals surface area contributed by atoms with E-state index < -0.39 is 0 Å². The highest BCUT2D eigenvalue weighted by Gasteiger charge is 2.03. The first kappa shape index (κ1) is 17.8. The predicted octanol–water partition coefficient (Wildman–Crippen LogP) is 4.97. The molecule has 0 spiro atoms. The van der Waals surface area contributed by atoms with Crippen molar-refractivity contribution in [3.8, 4) is 5.75 Å². The number of carbonyl (C=O) groups excluding carboxylic acids is 1. The number of ether oxygens (including phenoxy) is 1. The van der Waals surface area contributed by atoms with E-state index >= 15 is 0 Å². The van der Waals surface area contributed by atoms with Gasteiger partial charge in [-0.25, -0.2) is 0 Å². The summed E-state index contributed by atoms with van der Waals surface area (Å²) < 4.78 is 5.79. The fourth-order valence-corrected chi connectivity index (χ4v) is 2.48. The molecular weight excluding hydrogens is 348 g/mol. The van der Waals surface area contributed by atoms with Gasteiger partial charge in [0, 0.05) is 22.5 Å². The SMILES string of the molecule is O=C(CNc1cccc(OCc2ccccc2)c1)Nc1ccc(Cl)cc1. The summed E-state index contributed by atoms with van der Waals surface area (Å²) in [6.45, 7) is 0.659. The van der Waals surface area contributed by atoms with Crippen LogP contribution < -0.4 is 15.4 Å². The number of carbonyl (C=O) groups is 1. The van der Waals surface area contributed by atoms with Crippen LogP contribution in [0.5, 0.6) is 5.75 Å². The highest BCUT2D eigenvalue weighted by molar-refractivity contribution is 6.30. The Morgan fingerprint density at radius 3 is 2.42 bits per heavy atom. The van der Waals surface area contributed by atoms with Crippen molar-refractivity contribution in [3.63, 3.8) is 0 Å². The molecule has 0 bridgehead atoms. The molecule has 0 atom stereocenters. The molecule has 3 rings (SSSR count). The first-order chi connectivity index (χ1) is 12.7. The number of benzene rings is 3. The van der Waals surface area contributed by atoms with E-state index in [9.17, 15) is 4.79 Å². The van der Waals surface area contributed by atoms with Crippen molar-refractivity contribution >= 4 is 28.9 Å².